The van der Waals surface area contributed by atoms with Crippen LogP contribution < -0.4 is 0 Å². The molecule has 0 bridgehead atoms. The number of hydrogen-bond donors (Lipinski definition) is 1. The minimum Gasteiger partial charge on any atom is -0.481 e. The molecule has 1 saturated carbocycles. The monoisotopic (exact) mass is 253 g/mol. The number of aliphatic carboxylic acids is 1. The van der Waals surface area contributed by atoms with Crippen LogP contribution in [0.25, 0.3) is 0 Å². The Morgan fingerprint density at radius 2 is 1.89 bits per heavy atom. The second kappa shape index (κ2) is 5.20. The van der Waals surface area contributed by atoms with Crippen molar-refractivity contribution in [2.45, 2.75) is 58.9 Å². The molecule has 0 spiro atoms. The van der Waals surface area contributed by atoms with E-state index >= 15 is 0 Å². The molecule has 2 aliphatic rings. The topological polar surface area (TPSA) is 40.5 Å². The van der Waals surface area contributed by atoms with Crippen molar-refractivity contribution in [3.8, 4) is 0 Å². The highest BCUT2D eigenvalue weighted by molar-refractivity contribution is 5.75. The Labute approximate surface area is 111 Å². The highest BCUT2D eigenvalue weighted by Crippen LogP contribution is 2.41. The van der Waals surface area contributed by atoms with E-state index in [1.165, 1.54) is 6.42 Å². The van der Waals surface area contributed by atoms with E-state index in [1.54, 1.807) is 0 Å². The van der Waals surface area contributed by atoms with E-state index in [1.807, 2.05) is 0 Å². The minimum atomic E-state index is -0.571. The van der Waals surface area contributed by atoms with E-state index in [0.717, 1.165) is 38.8 Å². The smallest absolute Gasteiger partial charge is 0.310 e. The zero-order valence-corrected chi connectivity index (χ0v) is 12.0. The third kappa shape index (κ3) is 2.56. The first-order valence-electron chi connectivity index (χ1n) is 7.42. The van der Waals surface area contributed by atoms with Crippen LogP contribution >= 0.6 is 0 Å². The minimum absolute atomic E-state index is 0.453. The van der Waals surface area contributed by atoms with Gasteiger partial charge in [0.2, 0.25) is 0 Å². The molecule has 0 aromatic carbocycles. The van der Waals surface area contributed by atoms with Crippen LogP contribution in [0.3, 0.4) is 0 Å². The van der Waals surface area contributed by atoms with Crippen molar-refractivity contribution in [3.63, 3.8) is 0 Å². The lowest BCUT2D eigenvalue weighted by molar-refractivity contribution is -0.151. The first-order valence-corrected chi connectivity index (χ1v) is 7.42. The third-order valence-electron chi connectivity index (χ3n) is 5.24. The average molecular weight is 253 g/mol. The molecule has 3 atom stereocenters. The molecule has 1 N–H and O–H groups in total. The van der Waals surface area contributed by atoms with Gasteiger partial charge in [-0.15, -0.1) is 0 Å². The first kappa shape index (κ1) is 13.9. The van der Waals surface area contributed by atoms with Gasteiger partial charge in [0, 0.05) is 19.1 Å². The Morgan fingerprint density at radius 1 is 1.28 bits per heavy atom. The zero-order chi connectivity index (χ0) is 13.3. The summed E-state index contributed by atoms with van der Waals surface area (Å²) in [4.78, 5) is 14.1. The van der Waals surface area contributed by atoms with Gasteiger partial charge in [-0.05, 0) is 38.0 Å². The molecule has 0 aromatic heterocycles. The second-order valence-electron chi connectivity index (χ2n) is 6.78. The number of nitrogens with zero attached hydrogens (tertiary/aromatic N) is 1. The van der Waals surface area contributed by atoms with Gasteiger partial charge in [-0.3, -0.25) is 9.69 Å². The molecule has 2 fully saturated rings. The Morgan fingerprint density at radius 3 is 2.44 bits per heavy atom. The highest BCUT2D eigenvalue weighted by Gasteiger charge is 2.44. The third-order valence-corrected chi connectivity index (χ3v) is 5.24. The van der Waals surface area contributed by atoms with Gasteiger partial charge in [0.05, 0.1) is 5.41 Å². The molecule has 3 unspecified atom stereocenters. The van der Waals surface area contributed by atoms with Crippen molar-refractivity contribution in [2.24, 2.45) is 17.3 Å². The van der Waals surface area contributed by atoms with E-state index in [2.05, 4.69) is 25.7 Å². The summed E-state index contributed by atoms with van der Waals surface area (Å²) >= 11 is 0. The predicted molar refractivity (Wildman–Crippen MR) is 72.5 cm³/mol. The maximum Gasteiger partial charge on any atom is 0.310 e. The Bertz CT molecular complexity index is 310. The van der Waals surface area contributed by atoms with Gasteiger partial charge in [-0.2, -0.15) is 0 Å². The van der Waals surface area contributed by atoms with E-state index in [-0.39, 0.29) is 0 Å². The molecule has 1 heterocycles. The molecular formula is C15H27NO2. The molecule has 3 nitrogen and oxygen atoms in total. The van der Waals surface area contributed by atoms with Gasteiger partial charge >= 0.3 is 5.97 Å². The number of carboxylic acid groups (broad SMARTS) is 1. The van der Waals surface area contributed by atoms with Crippen molar-refractivity contribution in [3.05, 3.63) is 0 Å². The maximum absolute atomic E-state index is 11.6. The van der Waals surface area contributed by atoms with E-state index in [4.69, 9.17) is 0 Å². The first-order chi connectivity index (χ1) is 8.44. The molecule has 1 aliphatic carbocycles. The summed E-state index contributed by atoms with van der Waals surface area (Å²) in [5.41, 5.74) is -0.453. The summed E-state index contributed by atoms with van der Waals surface area (Å²) < 4.78 is 0. The van der Waals surface area contributed by atoms with Gasteiger partial charge in [0.1, 0.15) is 0 Å². The number of piperidine rings is 1. The van der Waals surface area contributed by atoms with Crippen molar-refractivity contribution >= 4 is 5.97 Å². The normalized spacial score (nSPS) is 36.7. The lowest BCUT2D eigenvalue weighted by Crippen LogP contribution is -2.51. The molecule has 0 aromatic rings. The van der Waals surface area contributed by atoms with Gasteiger partial charge in [-0.1, -0.05) is 26.7 Å². The number of carbonyl (C=O) groups is 1. The zero-order valence-electron chi connectivity index (χ0n) is 12.0. The highest BCUT2D eigenvalue weighted by atomic mass is 16.4. The van der Waals surface area contributed by atoms with Crippen LogP contribution in [0.1, 0.15) is 52.9 Å². The molecule has 1 saturated heterocycles. The SMILES string of the molecule is CC1CC(C)C(C)N(CC2(C(=O)O)CCCC2)C1. The fourth-order valence-electron chi connectivity index (χ4n) is 3.92. The lowest BCUT2D eigenvalue weighted by atomic mass is 9.81. The van der Waals surface area contributed by atoms with Crippen LogP contribution in [0.4, 0.5) is 0 Å². The predicted octanol–water partition coefficient (Wildman–Crippen LogP) is 3.00. The summed E-state index contributed by atoms with van der Waals surface area (Å²) in [5.74, 6) is 0.808. The molecule has 104 valence electrons. The van der Waals surface area contributed by atoms with Crippen molar-refractivity contribution in [1.82, 2.24) is 4.90 Å². The van der Waals surface area contributed by atoms with Crippen LogP contribution in [-0.2, 0) is 4.79 Å². The standard InChI is InChI=1S/C15H27NO2/c1-11-8-12(2)13(3)16(9-11)10-15(14(17)18)6-4-5-7-15/h11-13H,4-10H2,1-3H3,(H,17,18). The summed E-state index contributed by atoms with van der Waals surface area (Å²) in [7, 11) is 0. The molecule has 2 rings (SSSR count). The Kier molecular flexibility index (Phi) is 4.00. The van der Waals surface area contributed by atoms with Crippen LogP contribution in [0, 0.1) is 17.3 Å². The molecule has 3 heteroatoms. The van der Waals surface area contributed by atoms with Crippen molar-refractivity contribution in [2.75, 3.05) is 13.1 Å². The summed E-state index contributed by atoms with van der Waals surface area (Å²) in [6.45, 7) is 8.69. The molecular weight excluding hydrogens is 226 g/mol. The molecule has 0 amide bonds. The summed E-state index contributed by atoms with van der Waals surface area (Å²) in [5, 5.41) is 9.59. The second-order valence-corrected chi connectivity index (χ2v) is 6.78. The lowest BCUT2D eigenvalue weighted by Gasteiger charge is -2.44. The van der Waals surface area contributed by atoms with Crippen LogP contribution in [0.2, 0.25) is 0 Å². The number of carboxylic acids is 1. The van der Waals surface area contributed by atoms with E-state index < -0.39 is 11.4 Å². The van der Waals surface area contributed by atoms with Crippen LogP contribution in [-0.4, -0.2) is 35.1 Å². The number of likely N-dealkylation sites (tertiary alicyclic amines) is 1. The van der Waals surface area contributed by atoms with Crippen LogP contribution in [0.15, 0.2) is 0 Å². The average Bonchev–Trinajstić information content (AvgIpc) is 2.75. The summed E-state index contributed by atoms with van der Waals surface area (Å²) in [6.07, 6.45) is 5.18. The van der Waals surface area contributed by atoms with Crippen LogP contribution in [0.5, 0.6) is 0 Å². The van der Waals surface area contributed by atoms with Gasteiger partial charge < -0.3 is 5.11 Å². The molecule has 1 aliphatic heterocycles. The fraction of sp³-hybridized carbons (Fsp3) is 0.933. The van der Waals surface area contributed by atoms with Gasteiger partial charge in [0.25, 0.3) is 0 Å². The molecule has 18 heavy (non-hydrogen) atoms. The van der Waals surface area contributed by atoms with E-state index in [0.29, 0.717) is 17.9 Å². The fourth-order valence-corrected chi connectivity index (χ4v) is 3.92. The van der Waals surface area contributed by atoms with E-state index in [9.17, 15) is 9.90 Å². The quantitative estimate of drug-likeness (QED) is 0.840. The van der Waals surface area contributed by atoms with Crippen molar-refractivity contribution < 1.29 is 9.90 Å². The Hall–Kier alpha value is -0.570. The largest absolute Gasteiger partial charge is 0.481 e. The Balaban J connectivity index is 2.08. The summed E-state index contributed by atoms with van der Waals surface area (Å²) in [6, 6.07) is 0.526. The van der Waals surface area contributed by atoms with Gasteiger partial charge in [-0.25, -0.2) is 0 Å². The maximum atomic E-state index is 11.6. The molecule has 0 radical (unpaired) electrons. The number of rotatable bonds is 3. The van der Waals surface area contributed by atoms with Gasteiger partial charge in [0.15, 0.2) is 0 Å². The number of hydrogen-bond acceptors (Lipinski definition) is 2. The van der Waals surface area contributed by atoms with Crippen molar-refractivity contribution in [1.29, 1.82) is 0 Å².